The van der Waals surface area contributed by atoms with Crippen LogP contribution in [0, 0.1) is 0 Å². The van der Waals surface area contributed by atoms with Crippen molar-refractivity contribution in [1.82, 2.24) is 10.6 Å². The Balaban J connectivity index is 2.16. The van der Waals surface area contributed by atoms with E-state index in [4.69, 9.17) is 33.2 Å². The van der Waals surface area contributed by atoms with Crippen LogP contribution >= 0.6 is 0 Å². The minimum atomic E-state index is -1.49. The first-order valence-corrected chi connectivity index (χ1v) is 30.3. The maximum atomic E-state index is 12.6. The van der Waals surface area contributed by atoms with Crippen LogP contribution in [0.1, 0.15) is 245 Å². The Kier molecular flexibility index (Phi) is 51.0. The number of hydrogen-bond donors (Lipinski definition) is 6. The number of carbonyl (C=O) groups excluding carboxylic acids is 2. The van der Waals surface area contributed by atoms with Crippen LogP contribution in [0.3, 0.4) is 0 Å². The van der Waals surface area contributed by atoms with Crippen LogP contribution in [0.25, 0.3) is 0 Å². The van der Waals surface area contributed by atoms with Crippen molar-refractivity contribution in [3.8, 4) is 0 Å². The lowest BCUT2D eigenvalue weighted by Gasteiger charge is -2.39. The fourth-order valence-corrected chi connectivity index (χ4v) is 9.11. The van der Waals surface area contributed by atoms with Crippen LogP contribution in [0.2, 0.25) is 0 Å². The number of aliphatic hydroxyl groups excluding tert-OH is 4. The van der Waals surface area contributed by atoms with Gasteiger partial charge in [0, 0.05) is 32.7 Å². The molecule has 1 aliphatic rings. The molecule has 0 aromatic carbocycles. The molecule has 0 aromatic rings. The second kappa shape index (κ2) is 53.7. The number of ether oxygens (including phenoxy) is 7. The summed E-state index contributed by atoms with van der Waals surface area (Å²) in [5.74, 6) is -0.0554. The summed E-state index contributed by atoms with van der Waals surface area (Å²) in [6.45, 7) is 7.97. The zero-order valence-corrected chi connectivity index (χ0v) is 46.9. The van der Waals surface area contributed by atoms with Crippen molar-refractivity contribution in [1.29, 1.82) is 0 Å². The van der Waals surface area contributed by atoms with E-state index in [9.17, 15) is 30.0 Å². The molecular formula is C58H114N2O13. The number of carbonyl (C=O) groups is 2. The Hall–Kier alpha value is -1.66. The zero-order chi connectivity index (χ0) is 52.9. The van der Waals surface area contributed by atoms with Crippen LogP contribution in [-0.4, -0.2) is 148 Å². The van der Waals surface area contributed by atoms with E-state index in [-0.39, 0.29) is 38.4 Å². The summed E-state index contributed by atoms with van der Waals surface area (Å²) in [6.07, 6.45) is 38.0. The van der Waals surface area contributed by atoms with Gasteiger partial charge in [-0.15, -0.1) is 0 Å². The fourth-order valence-electron chi connectivity index (χ4n) is 9.11. The molecule has 0 radical (unpaired) electrons. The van der Waals surface area contributed by atoms with E-state index in [0.717, 1.165) is 32.1 Å². The van der Waals surface area contributed by atoms with Crippen molar-refractivity contribution in [3.63, 3.8) is 0 Å². The number of rotatable bonds is 56. The van der Waals surface area contributed by atoms with Gasteiger partial charge in [-0.05, 0) is 25.7 Å². The molecule has 15 nitrogen and oxygen atoms in total. The van der Waals surface area contributed by atoms with Crippen LogP contribution in [0.5, 0.6) is 0 Å². The Morgan fingerprint density at radius 1 is 0.452 bits per heavy atom. The van der Waals surface area contributed by atoms with Crippen molar-refractivity contribution >= 4 is 12.0 Å². The lowest BCUT2D eigenvalue weighted by Crippen LogP contribution is -2.59. The maximum Gasteiger partial charge on any atom is 0.407 e. The number of unbranched alkanes of at least 4 members (excludes halogenated alkanes) is 32. The molecule has 0 aliphatic carbocycles. The molecule has 6 atom stereocenters. The molecule has 1 fully saturated rings. The first-order valence-electron chi connectivity index (χ1n) is 30.3. The second-order valence-corrected chi connectivity index (χ2v) is 20.7. The molecule has 15 heteroatoms. The third-order valence-electron chi connectivity index (χ3n) is 13.8. The highest BCUT2D eigenvalue weighted by Crippen LogP contribution is 2.22. The maximum absolute atomic E-state index is 12.6. The van der Waals surface area contributed by atoms with Gasteiger partial charge in [-0.25, -0.2) is 4.79 Å². The normalized spacial score (nSPS) is 18.3. The average molecular weight is 1050 g/mol. The molecule has 0 aromatic heterocycles. The summed E-state index contributed by atoms with van der Waals surface area (Å²) >= 11 is 0. The molecule has 2 amide bonds. The van der Waals surface area contributed by atoms with E-state index in [1.807, 2.05) is 0 Å². The molecule has 1 rings (SSSR count). The summed E-state index contributed by atoms with van der Waals surface area (Å²) in [7, 11) is 0. The molecule has 73 heavy (non-hydrogen) atoms. The summed E-state index contributed by atoms with van der Waals surface area (Å²) in [6, 6.07) is 0. The highest BCUT2D eigenvalue weighted by molar-refractivity contribution is 5.75. The van der Waals surface area contributed by atoms with Crippen molar-refractivity contribution in [2.24, 2.45) is 0 Å². The van der Waals surface area contributed by atoms with Gasteiger partial charge in [-0.1, -0.05) is 213 Å². The molecule has 1 heterocycles. The SMILES string of the molecule is CCCCCCCCCCCCCCCCCCOC[C@@H](COC(=O)NCCCCCC(=O)NCCOCCOCCOC1OC(CO)C(O)C(O)C1O)OCCCCCCCCCCCCCCCCCC. The van der Waals surface area contributed by atoms with E-state index < -0.39 is 43.4 Å². The van der Waals surface area contributed by atoms with E-state index >= 15 is 0 Å². The number of hydrogen-bond acceptors (Lipinski definition) is 13. The largest absolute Gasteiger partial charge is 0.447 e. The van der Waals surface area contributed by atoms with Gasteiger partial charge < -0.3 is 64.2 Å². The van der Waals surface area contributed by atoms with Crippen LogP contribution in [0.15, 0.2) is 0 Å². The molecule has 5 unspecified atom stereocenters. The van der Waals surface area contributed by atoms with Gasteiger partial charge >= 0.3 is 6.09 Å². The number of amides is 2. The van der Waals surface area contributed by atoms with Gasteiger partial charge in [0.25, 0.3) is 0 Å². The van der Waals surface area contributed by atoms with Gasteiger partial charge in [-0.3, -0.25) is 4.79 Å². The zero-order valence-electron chi connectivity index (χ0n) is 46.9. The molecule has 1 saturated heterocycles. The first kappa shape index (κ1) is 69.4. The van der Waals surface area contributed by atoms with E-state index in [1.54, 1.807) is 0 Å². The second-order valence-electron chi connectivity index (χ2n) is 20.7. The minimum Gasteiger partial charge on any atom is -0.447 e. The smallest absolute Gasteiger partial charge is 0.407 e. The van der Waals surface area contributed by atoms with Gasteiger partial charge in [0.05, 0.1) is 46.2 Å². The number of aliphatic hydroxyl groups is 4. The predicted molar refractivity (Wildman–Crippen MR) is 292 cm³/mol. The molecule has 0 bridgehead atoms. The summed E-state index contributed by atoms with van der Waals surface area (Å²) in [4.78, 5) is 24.8. The third kappa shape index (κ3) is 44.1. The van der Waals surface area contributed by atoms with Crippen molar-refractivity contribution < 1.29 is 63.2 Å². The summed E-state index contributed by atoms with van der Waals surface area (Å²) in [5.41, 5.74) is 0. The molecule has 0 saturated carbocycles. The standard InChI is InChI=1S/C58H114N2O13/c1-3-5-7-9-11-13-15-17-19-21-23-25-27-29-31-36-41-69-49-51(70-42-37-32-30-28-26-24-22-20-18-16-14-12-10-8-6-4-2)50-72-58(66)60-39-35-33-34-38-53(62)59-40-43-67-44-45-68-46-47-71-57-56(65)55(64)54(63)52(48-61)73-57/h51-52,54-57,61,63-65H,3-50H2,1-2H3,(H,59,62)(H,60,66)/t51-,52?,54?,55?,56?,57?/m0/s1. The summed E-state index contributed by atoms with van der Waals surface area (Å²) < 4.78 is 39.4. The molecular weight excluding hydrogens is 933 g/mol. The van der Waals surface area contributed by atoms with Gasteiger partial charge in [0.2, 0.25) is 5.91 Å². The Labute approximate surface area is 445 Å². The summed E-state index contributed by atoms with van der Waals surface area (Å²) in [5, 5.41) is 44.6. The Bertz CT molecular complexity index is 1170. The number of alkyl carbamates (subject to hydrolysis) is 1. The van der Waals surface area contributed by atoms with Gasteiger partial charge in [0.1, 0.15) is 37.1 Å². The lowest BCUT2D eigenvalue weighted by molar-refractivity contribution is -0.302. The van der Waals surface area contributed by atoms with E-state index in [2.05, 4.69) is 24.5 Å². The van der Waals surface area contributed by atoms with Crippen molar-refractivity contribution in [2.45, 2.75) is 282 Å². The fraction of sp³-hybridized carbons (Fsp3) is 0.966. The first-order chi connectivity index (χ1) is 35.8. The predicted octanol–water partition coefficient (Wildman–Crippen LogP) is 11.2. The molecule has 1 aliphatic heterocycles. The van der Waals surface area contributed by atoms with Crippen molar-refractivity contribution in [2.75, 3.05) is 79.2 Å². The monoisotopic (exact) mass is 1050 g/mol. The highest BCUT2D eigenvalue weighted by atomic mass is 16.7. The van der Waals surface area contributed by atoms with E-state index in [0.29, 0.717) is 59.0 Å². The van der Waals surface area contributed by atoms with Gasteiger partial charge in [0.15, 0.2) is 6.29 Å². The molecule has 434 valence electrons. The third-order valence-corrected chi connectivity index (χ3v) is 13.8. The van der Waals surface area contributed by atoms with Crippen LogP contribution < -0.4 is 10.6 Å². The van der Waals surface area contributed by atoms with Crippen LogP contribution in [0.4, 0.5) is 4.79 Å². The quantitative estimate of drug-likeness (QED) is 0.0314. The molecule has 0 spiro atoms. The van der Waals surface area contributed by atoms with Gasteiger partial charge in [-0.2, -0.15) is 0 Å². The van der Waals surface area contributed by atoms with Crippen molar-refractivity contribution in [3.05, 3.63) is 0 Å². The average Bonchev–Trinajstić information content (AvgIpc) is 3.39. The lowest BCUT2D eigenvalue weighted by atomic mass is 9.99. The molecule has 6 N–H and O–H groups in total. The van der Waals surface area contributed by atoms with E-state index in [1.165, 1.54) is 186 Å². The topological polar surface area (TPSA) is 204 Å². The Morgan fingerprint density at radius 2 is 0.904 bits per heavy atom. The minimum absolute atomic E-state index is 0.0554. The Morgan fingerprint density at radius 3 is 1.41 bits per heavy atom. The highest BCUT2D eigenvalue weighted by Gasteiger charge is 2.44. The van der Waals surface area contributed by atoms with Crippen LogP contribution in [-0.2, 0) is 38.0 Å². The number of nitrogens with one attached hydrogen (secondary N) is 2.